The van der Waals surface area contributed by atoms with E-state index in [0.717, 1.165) is 5.19 Å². The first kappa shape index (κ1) is 13.6. The third-order valence-electron chi connectivity index (χ3n) is 2.60. The highest BCUT2D eigenvalue weighted by atomic mass is 28.4. The van der Waals surface area contributed by atoms with Crippen molar-refractivity contribution in [2.45, 2.75) is 13.1 Å². The molecule has 0 atom stereocenters. The summed E-state index contributed by atoms with van der Waals surface area (Å²) in [6.07, 6.45) is 0. The van der Waals surface area contributed by atoms with Crippen molar-refractivity contribution in [2.24, 2.45) is 0 Å². The Balaban J connectivity index is 3.15. The molecule has 0 bridgehead atoms. The van der Waals surface area contributed by atoms with Crippen LogP contribution in [0.4, 0.5) is 0 Å². The molecule has 0 saturated heterocycles. The van der Waals surface area contributed by atoms with E-state index in [4.69, 9.17) is 13.3 Å². The van der Waals surface area contributed by atoms with Gasteiger partial charge in [0.15, 0.2) is 0 Å². The van der Waals surface area contributed by atoms with Crippen molar-refractivity contribution in [1.29, 1.82) is 0 Å². The topological polar surface area (TPSA) is 27.7 Å². The fourth-order valence-corrected chi connectivity index (χ4v) is 4.48. The predicted molar refractivity (Wildman–Crippen MR) is 70.0 cm³/mol. The molecule has 0 aliphatic heterocycles. The average molecular weight is 255 g/mol. The van der Waals surface area contributed by atoms with Crippen molar-refractivity contribution in [1.82, 2.24) is 0 Å². The third kappa shape index (κ3) is 2.61. The first-order chi connectivity index (χ1) is 7.59. The molecule has 16 heavy (non-hydrogen) atoms. The molecule has 0 spiro atoms. The summed E-state index contributed by atoms with van der Waals surface area (Å²) in [5.74, 6) is 0. The van der Waals surface area contributed by atoms with Crippen molar-refractivity contribution in [3.8, 4) is 0 Å². The zero-order valence-corrected chi connectivity index (χ0v) is 12.5. The van der Waals surface area contributed by atoms with Gasteiger partial charge in [0.1, 0.15) is 0 Å². The summed E-state index contributed by atoms with van der Waals surface area (Å²) < 4.78 is 16.4. The van der Waals surface area contributed by atoms with Gasteiger partial charge in [-0.25, -0.2) is 0 Å². The fourth-order valence-electron chi connectivity index (χ4n) is 1.62. The summed E-state index contributed by atoms with van der Waals surface area (Å²) in [6, 6.07) is 8.35. The lowest BCUT2D eigenvalue weighted by molar-refractivity contribution is 0.140. The monoisotopic (exact) mass is 255 g/mol. The van der Waals surface area contributed by atoms with Crippen LogP contribution in [0.3, 0.4) is 0 Å². The van der Waals surface area contributed by atoms with Gasteiger partial charge in [0, 0.05) is 26.5 Å². The zero-order valence-electron chi connectivity index (χ0n) is 10.5. The van der Waals surface area contributed by atoms with Crippen molar-refractivity contribution >= 4 is 28.0 Å². The first-order valence-electron chi connectivity index (χ1n) is 5.16. The minimum absolute atomic E-state index is 0.462. The predicted octanol–water partition coefficient (Wildman–Crippen LogP) is 0.733. The molecule has 0 heterocycles. The molecule has 0 aliphatic rings. The molecule has 1 aromatic rings. The largest absolute Gasteiger partial charge is 0.536 e. The number of hydrogen-bond acceptors (Lipinski definition) is 3. The van der Waals surface area contributed by atoms with Crippen LogP contribution in [0.15, 0.2) is 24.3 Å². The normalized spacial score (nSPS) is 12.1. The van der Waals surface area contributed by atoms with Crippen LogP contribution in [-0.2, 0) is 13.3 Å². The van der Waals surface area contributed by atoms with Gasteiger partial charge in [-0.15, -0.1) is 0 Å². The molecule has 0 aromatic heterocycles. The van der Waals surface area contributed by atoms with E-state index >= 15 is 0 Å². The highest BCUT2D eigenvalue weighted by Crippen LogP contribution is 2.06. The van der Waals surface area contributed by atoms with Crippen molar-refractivity contribution in [3.05, 3.63) is 24.3 Å². The maximum atomic E-state index is 5.46. The van der Waals surface area contributed by atoms with Crippen LogP contribution >= 0.6 is 0 Å². The Hall–Kier alpha value is -0.466. The molecule has 0 aliphatic carbocycles. The van der Waals surface area contributed by atoms with Gasteiger partial charge in [-0.3, -0.25) is 0 Å². The standard InChI is InChI=1S/C11H19O3Si2/c1-12-16(13-2,14-3)11-8-6-7-10(9-11)15(4)5/h6-9H,1-5H3. The van der Waals surface area contributed by atoms with Gasteiger partial charge < -0.3 is 13.3 Å². The molecule has 3 nitrogen and oxygen atoms in total. The van der Waals surface area contributed by atoms with Crippen molar-refractivity contribution < 1.29 is 13.3 Å². The van der Waals surface area contributed by atoms with Crippen LogP contribution in [0.5, 0.6) is 0 Å². The van der Waals surface area contributed by atoms with Gasteiger partial charge in [0.05, 0.1) is 8.80 Å². The highest BCUT2D eigenvalue weighted by molar-refractivity contribution is 6.77. The Morgan fingerprint density at radius 3 is 2.00 bits per heavy atom. The SMILES string of the molecule is CO[Si](OC)(OC)c1cccc([Si](C)C)c1. The molecule has 0 N–H and O–H groups in total. The molecule has 1 aromatic carbocycles. The minimum atomic E-state index is -2.65. The van der Waals surface area contributed by atoms with Crippen molar-refractivity contribution in [3.63, 3.8) is 0 Å². The molecular formula is C11H19O3Si2. The van der Waals surface area contributed by atoms with Crippen LogP contribution in [0.2, 0.25) is 13.1 Å². The van der Waals surface area contributed by atoms with Crippen molar-refractivity contribution in [2.75, 3.05) is 21.3 Å². The molecule has 0 fully saturated rings. The van der Waals surface area contributed by atoms with Gasteiger partial charge in [-0.2, -0.15) is 0 Å². The van der Waals surface area contributed by atoms with E-state index in [0.29, 0.717) is 0 Å². The molecule has 0 saturated carbocycles. The van der Waals surface area contributed by atoms with Crippen LogP contribution in [0, 0.1) is 0 Å². The lowest BCUT2D eigenvalue weighted by Crippen LogP contribution is -2.55. The quantitative estimate of drug-likeness (QED) is 0.726. The van der Waals surface area contributed by atoms with Crippen LogP contribution in [0.1, 0.15) is 0 Å². The van der Waals surface area contributed by atoms with Crippen LogP contribution in [-0.4, -0.2) is 38.9 Å². The van der Waals surface area contributed by atoms with E-state index in [-0.39, 0.29) is 0 Å². The molecule has 1 rings (SSSR count). The Morgan fingerprint density at radius 2 is 1.56 bits per heavy atom. The Morgan fingerprint density at radius 1 is 1.00 bits per heavy atom. The lowest BCUT2D eigenvalue weighted by atomic mass is 10.4. The summed E-state index contributed by atoms with van der Waals surface area (Å²) in [6.45, 7) is 4.53. The summed E-state index contributed by atoms with van der Waals surface area (Å²) in [5, 5.41) is 2.40. The summed E-state index contributed by atoms with van der Waals surface area (Å²) in [5.41, 5.74) is 0. The minimum Gasteiger partial charge on any atom is -0.373 e. The summed E-state index contributed by atoms with van der Waals surface area (Å²) >= 11 is 0. The van der Waals surface area contributed by atoms with Gasteiger partial charge in [-0.05, 0) is 0 Å². The van der Waals surface area contributed by atoms with E-state index in [1.807, 2.05) is 12.1 Å². The average Bonchev–Trinajstić information content (AvgIpc) is 2.32. The smallest absolute Gasteiger partial charge is 0.373 e. The Labute approximate surface area is 100 Å². The van der Waals surface area contributed by atoms with Gasteiger partial charge in [0.25, 0.3) is 0 Å². The third-order valence-corrected chi connectivity index (χ3v) is 6.70. The molecule has 0 unspecified atom stereocenters. The maximum Gasteiger partial charge on any atom is 0.536 e. The molecular weight excluding hydrogens is 236 g/mol. The second-order valence-electron chi connectivity index (χ2n) is 3.75. The number of benzene rings is 1. The Bertz CT molecular complexity index is 329. The van der Waals surface area contributed by atoms with Gasteiger partial charge in [-0.1, -0.05) is 42.5 Å². The zero-order chi connectivity index (χ0) is 12.2. The van der Waals surface area contributed by atoms with Gasteiger partial charge >= 0.3 is 8.80 Å². The van der Waals surface area contributed by atoms with Crippen LogP contribution in [0.25, 0.3) is 0 Å². The summed E-state index contributed by atoms with van der Waals surface area (Å²) in [7, 11) is 1.79. The molecule has 0 amide bonds. The van der Waals surface area contributed by atoms with Gasteiger partial charge in [0.2, 0.25) is 0 Å². The van der Waals surface area contributed by atoms with E-state index in [1.54, 1.807) is 21.3 Å². The highest BCUT2D eigenvalue weighted by Gasteiger charge is 2.40. The maximum absolute atomic E-state index is 5.46. The molecule has 1 radical (unpaired) electrons. The first-order valence-corrected chi connectivity index (χ1v) is 9.38. The summed E-state index contributed by atoms with van der Waals surface area (Å²) in [4.78, 5) is 0. The number of hydrogen-bond donors (Lipinski definition) is 0. The second-order valence-corrected chi connectivity index (χ2v) is 9.24. The second kappa shape index (κ2) is 5.74. The van der Waals surface area contributed by atoms with E-state index < -0.39 is 17.6 Å². The van der Waals surface area contributed by atoms with Crippen LogP contribution < -0.4 is 10.4 Å². The van der Waals surface area contributed by atoms with E-state index in [9.17, 15) is 0 Å². The Kier molecular flexibility index (Phi) is 4.88. The lowest BCUT2D eigenvalue weighted by Gasteiger charge is -2.25. The molecule has 89 valence electrons. The number of rotatable bonds is 5. The van der Waals surface area contributed by atoms with E-state index in [1.165, 1.54) is 5.19 Å². The van der Waals surface area contributed by atoms with E-state index in [2.05, 4.69) is 25.2 Å². The molecule has 5 heteroatoms. The fraction of sp³-hybridized carbons (Fsp3) is 0.455.